The van der Waals surface area contributed by atoms with Crippen LogP contribution in [0.1, 0.15) is 61.2 Å². The largest absolute Gasteiger partial charge is 0.308 e. The molecule has 0 saturated heterocycles. The molecule has 590 valence electrons. The molecule has 8 heteroatoms. The highest BCUT2D eigenvalue weighted by Gasteiger charge is 2.29. The molecule has 0 amide bonds. The predicted octanol–water partition coefficient (Wildman–Crippen LogP) is 30.0. The van der Waals surface area contributed by atoms with Gasteiger partial charge in [-0.15, -0.1) is 0 Å². The summed E-state index contributed by atoms with van der Waals surface area (Å²) in [7, 11) is 0. The standard InChI is InChI=1S/C118H78N8/c1-72-20-16-27-83(52-72)85-40-46-98-96-34-12-14-36-105(96)125(111(98)66-85)115-60-82(71-122)61-116(118(115)92-30-19-26-80(56-92)69-120)126-106-37-15-13-35-97(106)99-47-41-86(67-112(99)126)84-28-17-24-77(54-84)53-78-39-38-76(5)100(57-78)90-45-51-110-104(65-90)103-64-89(95-33-11-8-23-75(95)4)44-50-109(103)124(110)114-59-81(70-121)58-113(117(114)91-29-18-25-79(55-91)68-119)123-107-48-42-87(93-31-9-6-21-73(93)2)62-101(107)102-63-88(43-49-108(102)123)94-32-10-7-22-74(94)3/h6-52,54-67H,53H2,1-5H3. The minimum atomic E-state index is 0.488. The van der Waals surface area contributed by atoms with Crippen LogP contribution >= 0.6 is 0 Å². The average Bonchev–Trinajstić information content (AvgIpc) is 1.55. The first-order valence-electron chi connectivity index (χ1n) is 42.7. The third-order valence-corrected chi connectivity index (χ3v) is 25.9. The second-order valence-electron chi connectivity index (χ2n) is 33.5. The first-order chi connectivity index (χ1) is 61.8. The maximum atomic E-state index is 11.6. The first-order valence-corrected chi connectivity index (χ1v) is 42.7. The van der Waals surface area contributed by atoms with Crippen LogP contribution in [0.3, 0.4) is 0 Å². The van der Waals surface area contributed by atoms with Crippen molar-refractivity contribution in [1.29, 1.82) is 21.0 Å². The lowest BCUT2D eigenvalue weighted by Crippen LogP contribution is -2.05. The van der Waals surface area contributed by atoms with Gasteiger partial charge < -0.3 is 18.3 Å². The van der Waals surface area contributed by atoms with Gasteiger partial charge in [-0.05, 0) is 274 Å². The lowest BCUT2D eigenvalue weighted by molar-refractivity contribution is 1.13. The van der Waals surface area contributed by atoms with Crippen LogP contribution in [-0.2, 0) is 6.42 Å². The number of nitrogens with zero attached hydrogens (tertiary/aromatic N) is 8. The second-order valence-corrected chi connectivity index (χ2v) is 33.5. The molecule has 126 heavy (non-hydrogen) atoms. The van der Waals surface area contributed by atoms with Crippen LogP contribution in [0.2, 0.25) is 0 Å². The molecule has 4 heterocycles. The zero-order valence-electron chi connectivity index (χ0n) is 70.0. The number of para-hydroxylation sites is 2. The Morgan fingerprint density at radius 1 is 0.198 bits per heavy atom. The topological polar surface area (TPSA) is 115 Å². The number of benzene rings is 18. The zero-order valence-corrected chi connectivity index (χ0v) is 70.0. The van der Waals surface area contributed by atoms with Gasteiger partial charge in [-0.25, -0.2) is 0 Å². The monoisotopic (exact) mass is 1610 g/mol. The van der Waals surface area contributed by atoms with E-state index < -0.39 is 0 Å². The predicted molar refractivity (Wildman–Crippen MR) is 519 cm³/mol. The van der Waals surface area contributed by atoms with Gasteiger partial charge in [-0.3, -0.25) is 0 Å². The lowest BCUT2D eigenvalue weighted by atomic mass is 9.93. The molecule has 0 N–H and O–H groups in total. The fourth-order valence-electron chi connectivity index (χ4n) is 19.9. The van der Waals surface area contributed by atoms with Crippen LogP contribution < -0.4 is 0 Å². The molecule has 0 aliphatic heterocycles. The number of rotatable bonds is 14. The summed E-state index contributed by atoms with van der Waals surface area (Å²) in [4.78, 5) is 0. The molecule has 0 aliphatic carbocycles. The molecule has 0 bridgehead atoms. The van der Waals surface area contributed by atoms with Crippen molar-refractivity contribution in [2.45, 2.75) is 41.0 Å². The lowest BCUT2D eigenvalue weighted by Gasteiger charge is -2.21. The van der Waals surface area contributed by atoms with E-state index >= 15 is 0 Å². The molecule has 0 saturated carbocycles. The van der Waals surface area contributed by atoms with E-state index in [-0.39, 0.29) is 0 Å². The molecule has 0 fully saturated rings. The van der Waals surface area contributed by atoms with Gasteiger partial charge in [0.1, 0.15) is 0 Å². The Kier molecular flexibility index (Phi) is 18.2. The quantitative estimate of drug-likeness (QED) is 0.108. The minimum absolute atomic E-state index is 0.488. The van der Waals surface area contributed by atoms with Gasteiger partial charge >= 0.3 is 0 Å². The minimum Gasteiger partial charge on any atom is -0.308 e. The number of hydrogen-bond acceptors (Lipinski definition) is 4. The summed E-state index contributed by atoms with van der Waals surface area (Å²) in [6, 6.07) is 142. The molecule has 0 aliphatic rings. The van der Waals surface area contributed by atoms with Gasteiger partial charge in [0.15, 0.2) is 0 Å². The third-order valence-electron chi connectivity index (χ3n) is 25.9. The van der Waals surface area contributed by atoms with Crippen LogP contribution in [0.25, 0.3) is 199 Å². The average molecular weight is 1610 g/mol. The van der Waals surface area contributed by atoms with Gasteiger partial charge in [0.05, 0.1) is 113 Å². The smallest absolute Gasteiger partial charge is 0.0993 e. The van der Waals surface area contributed by atoms with Gasteiger partial charge in [-0.1, -0.05) is 254 Å². The summed E-state index contributed by atoms with van der Waals surface area (Å²) < 4.78 is 9.36. The van der Waals surface area contributed by atoms with Gasteiger partial charge in [0.25, 0.3) is 0 Å². The van der Waals surface area contributed by atoms with Crippen LogP contribution in [0, 0.1) is 79.9 Å². The van der Waals surface area contributed by atoms with E-state index in [4.69, 9.17) is 0 Å². The van der Waals surface area contributed by atoms with Crippen molar-refractivity contribution in [3.8, 4) is 136 Å². The van der Waals surface area contributed by atoms with E-state index in [2.05, 4.69) is 387 Å². The van der Waals surface area contributed by atoms with Crippen molar-refractivity contribution < 1.29 is 0 Å². The van der Waals surface area contributed by atoms with E-state index in [1.807, 2.05) is 60.7 Å². The van der Waals surface area contributed by atoms with E-state index in [0.717, 1.165) is 216 Å². The Labute approximate surface area is 730 Å². The molecule has 0 radical (unpaired) electrons. The Hall–Kier alpha value is -16.9. The highest BCUT2D eigenvalue weighted by molar-refractivity contribution is 6.17. The van der Waals surface area contributed by atoms with Crippen molar-refractivity contribution in [3.63, 3.8) is 0 Å². The number of nitriles is 4. The molecular weight excluding hydrogens is 1530 g/mol. The Balaban J connectivity index is 0.684. The summed E-state index contributed by atoms with van der Waals surface area (Å²) in [5, 5.41) is 52.9. The van der Waals surface area contributed by atoms with Crippen molar-refractivity contribution in [2.24, 2.45) is 0 Å². The summed E-state index contributed by atoms with van der Waals surface area (Å²) >= 11 is 0. The molecule has 18 aromatic carbocycles. The fourth-order valence-corrected chi connectivity index (χ4v) is 19.9. The van der Waals surface area contributed by atoms with Crippen LogP contribution in [-0.4, -0.2) is 18.3 Å². The number of aryl methyl sites for hydroxylation is 5. The second kappa shape index (κ2) is 30.4. The fraction of sp³-hybridized carbons (Fsp3) is 0.0508. The number of aromatic nitrogens is 4. The van der Waals surface area contributed by atoms with Gasteiger partial charge in [0.2, 0.25) is 0 Å². The summed E-state index contributed by atoms with van der Waals surface area (Å²) in [5.41, 5.74) is 38.1. The van der Waals surface area contributed by atoms with Crippen molar-refractivity contribution in [3.05, 3.63) is 431 Å². The van der Waals surface area contributed by atoms with Crippen molar-refractivity contribution in [1.82, 2.24) is 18.3 Å². The number of fused-ring (bicyclic) bond motifs is 12. The Bertz CT molecular complexity index is 8470. The molecule has 0 spiro atoms. The molecule has 22 rings (SSSR count). The van der Waals surface area contributed by atoms with Gasteiger partial charge in [0, 0.05) is 54.2 Å². The normalized spacial score (nSPS) is 11.5. The Morgan fingerprint density at radius 2 is 0.524 bits per heavy atom. The van der Waals surface area contributed by atoms with Crippen LogP contribution in [0.5, 0.6) is 0 Å². The number of hydrogen-bond donors (Lipinski definition) is 0. The maximum Gasteiger partial charge on any atom is 0.0993 e. The highest BCUT2D eigenvalue weighted by atomic mass is 15.0. The first kappa shape index (κ1) is 75.3. The van der Waals surface area contributed by atoms with E-state index in [1.54, 1.807) is 0 Å². The molecule has 0 atom stereocenters. The molecule has 22 aromatic rings. The summed E-state index contributed by atoms with van der Waals surface area (Å²) in [6.07, 6.45) is 0.663. The zero-order chi connectivity index (χ0) is 85.1. The van der Waals surface area contributed by atoms with Crippen LogP contribution in [0.15, 0.2) is 370 Å². The highest BCUT2D eigenvalue weighted by Crippen LogP contribution is 2.49. The molecule has 8 nitrogen and oxygen atoms in total. The molecular formula is C118H78N8. The maximum absolute atomic E-state index is 11.6. The van der Waals surface area contributed by atoms with Crippen molar-refractivity contribution in [2.75, 3.05) is 0 Å². The van der Waals surface area contributed by atoms with E-state index in [0.29, 0.717) is 28.7 Å². The SMILES string of the molecule is Cc1cccc(-c2ccc3c4ccccc4n(-c4cc(C#N)cc(-n5c6ccccc6c6ccc(-c7cccc(Cc8ccc(C)c(-c9ccc%10c(c9)c9cc(-c%11ccccc%11C)ccc9n%10-c9cc(C#N)cc(-n%10c%11ccc(-c%12ccccc%12C)cc%11c%11cc(-c%12ccccc%12C)ccc%11%10)c9-c9cccc(C#N)c9)c8)c7)cc65)c4-c4cccc(C#N)c4)c3c2)c1. The van der Waals surface area contributed by atoms with Gasteiger partial charge in [-0.2, -0.15) is 21.0 Å². The van der Waals surface area contributed by atoms with E-state index in [1.165, 1.54) is 22.3 Å². The molecule has 4 aromatic heterocycles. The Morgan fingerprint density at radius 3 is 0.944 bits per heavy atom. The summed E-state index contributed by atoms with van der Waals surface area (Å²) in [6.45, 7) is 10.8. The third kappa shape index (κ3) is 12.6. The van der Waals surface area contributed by atoms with E-state index in [9.17, 15) is 21.0 Å². The summed E-state index contributed by atoms with van der Waals surface area (Å²) in [5.74, 6) is 0. The van der Waals surface area contributed by atoms with Crippen molar-refractivity contribution >= 4 is 87.2 Å². The van der Waals surface area contributed by atoms with Crippen LogP contribution in [0.4, 0.5) is 0 Å². The molecule has 0 unspecified atom stereocenters.